The molecule has 0 unspecified atom stereocenters. The Morgan fingerprint density at radius 1 is 1.15 bits per heavy atom. The lowest BCUT2D eigenvalue weighted by Crippen LogP contribution is -2.57. The molecule has 1 aromatic carbocycles. The molecule has 27 heavy (non-hydrogen) atoms. The fourth-order valence-corrected chi connectivity index (χ4v) is 3.81. The molecule has 6 nitrogen and oxygen atoms in total. The average Bonchev–Trinajstić information content (AvgIpc) is 3.19. The Balaban J connectivity index is 1.47. The zero-order valence-corrected chi connectivity index (χ0v) is 15.6. The van der Waals surface area contributed by atoms with Crippen LogP contribution in [0.2, 0.25) is 0 Å². The number of halogens is 1. The van der Waals surface area contributed by atoms with E-state index in [1.165, 1.54) is 12.1 Å². The van der Waals surface area contributed by atoms with Gasteiger partial charge in [0, 0.05) is 45.7 Å². The van der Waals surface area contributed by atoms with Gasteiger partial charge in [-0.1, -0.05) is 12.1 Å². The predicted octanol–water partition coefficient (Wildman–Crippen LogP) is 1.28. The summed E-state index contributed by atoms with van der Waals surface area (Å²) in [5, 5.41) is 13.9. The quantitative estimate of drug-likeness (QED) is 0.702. The van der Waals surface area contributed by atoms with E-state index in [4.69, 9.17) is 0 Å². The SMILES string of the molecule is O=C(CCNC[C@@]1(O)CCCN(Cc2ccc(F)cc2)C1=O)N1CCCC1. The van der Waals surface area contributed by atoms with Crippen molar-refractivity contribution >= 4 is 11.8 Å². The summed E-state index contributed by atoms with van der Waals surface area (Å²) < 4.78 is 13.0. The second kappa shape index (κ2) is 8.80. The third-order valence-electron chi connectivity index (χ3n) is 5.38. The fourth-order valence-electron chi connectivity index (χ4n) is 3.81. The van der Waals surface area contributed by atoms with Gasteiger partial charge in [0.05, 0.1) is 0 Å². The lowest BCUT2D eigenvalue weighted by atomic mass is 9.91. The van der Waals surface area contributed by atoms with E-state index in [0.29, 0.717) is 38.9 Å². The van der Waals surface area contributed by atoms with E-state index in [1.54, 1.807) is 17.0 Å². The molecule has 1 aromatic rings. The maximum absolute atomic E-state index is 13.0. The summed E-state index contributed by atoms with van der Waals surface area (Å²) in [4.78, 5) is 28.3. The lowest BCUT2D eigenvalue weighted by molar-refractivity contribution is -0.157. The summed E-state index contributed by atoms with van der Waals surface area (Å²) in [6, 6.07) is 6.04. The molecule has 2 aliphatic heterocycles. The van der Waals surface area contributed by atoms with E-state index in [9.17, 15) is 19.1 Å². The molecule has 0 spiro atoms. The minimum atomic E-state index is -1.45. The first-order valence-corrected chi connectivity index (χ1v) is 9.73. The highest BCUT2D eigenvalue weighted by molar-refractivity contribution is 5.86. The van der Waals surface area contributed by atoms with Crippen molar-refractivity contribution in [3.63, 3.8) is 0 Å². The highest BCUT2D eigenvalue weighted by Gasteiger charge is 2.41. The Morgan fingerprint density at radius 3 is 2.56 bits per heavy atom. The molecule has 1 atom stereocenters. The summed E-state index contributed by atoms with van der Waals surface area (Å²) in [5.41, 5.74) is -0.618. The number of nitrogens with zero attached hydrogens (tertiary/aromatic N) is 2. The summed E-state index contributed by atoms with van der Waals surface area (Å²) in [5.74, 6) is -0.496. The molecule has 0 bridgehead atoms. The van der Waals surface area contributed by atoms with Crippen LogP contribution in [0.5, 0.6) is 0 Å². The third-order valence-corrected chi connectivity index (χ3v) is 5.38. The van der Waals surface area contributed by atoms with Gasteiger partial charge in [0.25, 0.3) is 5.91 Å². The van der Waals surface area contributed by atoms with Crippen LogP contribution in [0.25, 0.3) is 0 Å². The molecule has 2 N–H and O–H groups in total. The minimum absolute atomic E-state index is 0.125. The van der Waals surface area contributed by atoms with E-state index >= 15 is 0 Å². The van der Waals surface area contributed by atoms with Gasteiger partial charge in [0.15, 0.2) is 5.60 Å². The largest absolute Gasteiger partial charge is 0.379 e. The molecule has 7 heteroatoms. The van der Waals surface area contributed by atoms with Crippen LogP contribution in [0.3, 0.4) is 0 Å². The first kappa shape index (κ1) is 19.8. The van der Waals surface area contributed by atoms with Gasteiger partial charge in [0.2, 0.25) is 5.91 Å². The summed E-state index contributed by atoms with van der Waals surface area (Å²) in [7, 11) is 0. The Labute approximate surface area is 159 Å². The van der Waals surface area contributed by atoms with E-state index in [-0.39, 0.29) is 24.2 Å². The second-order valence-electron chi connectivity index (χ2n) is 7.50. The number of nitrogens with one attached hydrogen (secondary N) is 1. The Morgan fingerprint density at radius 2 is 1.85 bits per heavy atom. The Kier molecular flexibility index (Phi) is 6.44. The molecule has 2 saturated heterocycles. The van der Waals surface area contributed by atoms with E-state index < -0.39 is 5.60 Å². The van der Waals surface area contributed by atoms with Gasteiger partial charge in [0.1, 0.15) is 5.82 Å². The third kappa shape index (κ3) is 5.05. The molecule has 0 aliphatic carbocycles. The number of aliphatic hydroxyl groups is 1. The summed E-state index contributed by atoms with van der Waals surface area (Å²) in [6.45, 7) is 3.18. The normalized spacial score (nSPS) is 23.1. The van der Waals surface area contributed by atoms with Crippen molar-refractivity contribution in [1.82, 2.24) is 15.1 Å². The van der Waals surface area contributed by atoms with Crippen molar-refractivity contribution in [1.29, 1.82) is 0 Å². The molecular formula is C20H28FN3O3. The van der Waals surface area contributed by atoms with E-state index in [2.05, 4.69) is 5.32 Å². The monoisotopic (exact) mass is 377 g/mol. The van der Waals surface area contributed by atoms with Crippen LogP contribution in [0.4, 0.5) is 4.39 Å². The number of amides is 2. The summed E-state index contributed by atoms with van der Waals surface area (Å²) in [6.07, 6.45) is 3.62. The predicted molar refractivity (Wildman–Crippen MR) is 99.3 cm³/mol. The van der Waals surface area contributed by atoms with Crippen LogP contribution in [-0.4, -0.2) is 65.0 Å². The molecule has 2 amide bonds. The van der Waals surface area contributed by atoms with Gasteiger partial charge < -0.3 is 20.2 Å². The first-order valence-electron chi connectivity index (χ1n) is 9.73. The molecule has 0 saturated carbocycles. The van der Waals surface area contributed by atoms with Crippen LogP contribution >= 0.6 is 0 Å². The maximum Gasteiger partial charge on any atom is 0.256 e. The maximum atomic E-state index is 13.0. The smallest absolute Gasteiger partial charge is 0.256 e. The second-order valence-corrected chi connectivity index (χ2v) is 7.50. The minimum Gasteiger partial charge on any atom is -0.379 e. The topological polar surface area (TPSA) is 72.9 Å². The van der Waals surface area contributed by atoms with Gasteiger partial charge in [-0.3, -0.25) is 9.59 Å². The molecule has 148 valence electrons. The Hall–Kier alpha value is -1.99. The number of hydrogen-bond acceptors (Lipinski definition) is 4. The number of hydrogen-bond donors (Lipinski definition) is 2. The van der Waals surface area contributed by atoms with Crippen LogP contribution < -0.4 is 5.32 Å². The summed E-state index contributed by atoms with van der Waals surface area (Å²) >= 11 is 0. The standard InChI is InChI=1S/C20H28FN3O3/c21-17-6-4-16(5-7-17)14-24-13-3-9-20(27,19(24)26)15-22-10-8-18(25)23-11-1-2-12-23/h4-7,22,27H,1-3,8-15H2/t20-/m0/s1. The zero-order valence-electron chi connectivity index (χ0n) is 15.6. The fraction of sp³-hybridized carbons (Fsp3) is 0.600. The molecular weight excluding hydrogens is 349 g/mol. The van der Waals surface area contributed by atoms with Gasteiger partial charge in [-0.2, -0.15) is 0 Å². The van der Waals surface area contributed by atoms with Crippen molar-refractivity contribution in [2.45, 2.75) is 44.2 Å². The van der Waals surface area contributed by atoms with Crippen molar-refractivity contribution in [3.8, 4) is 0 Å². The lowest BCUT2D eigenvalue weighted by Gasteiger charge is -2.38. The number of rotatable bonds is 7. The zero-order chi connectivity index (χ0) is 19.3. The molecule has 2 aliphatic rings. The average molecular weight is 377 g/mol. The van der Waals surface area contributed by atoms with Crippen molar-refractivity contribution in [3.05, 3.63) is 35.6 Å². The van der Waals surface area contributed by atoms with Gasteiger partial charge >= 0.3 is 0 Å². The van der Waals surface area contributed by atoms with Crippen LogP contribution in [0.1, 0.15) is 37.7 Å². The Bertz CT molecular complexity index is 661. The number of likely N-dealkylation sites (tertiary alicyclic amines) is 2. The van der Waals surface area contributed by atoms with E-state index in [0.717, 1.165) is 31.5 Å². The molecule has 2 heterocycles. The van der Waals surface area contributed by atoms with Gasteiger partial charge in [-0.05, 0) is 43.4 Å². The molecule has 3 rings (SSSR count). The molecule has 0 radical (unpaired) electrons. The van der Waals surface area contributed by atoms with E-state index in [1.807, 2.05) is 4.90 Å². The molecule has 2 fully saturated rings. The van der Waals surface area contributed by atoms with Gasteiger partial charge in [-0.25, -0.2) is 4.39 Å². The van der Waals surface area contributed by atoms with Gasteiger partial charge in [-0.15, -0.1) is 0 Å². The van der Waals surface area contributed by atoms with Crippen molar-refractivity contribution in [2.24, 2.45) is 0 Å². The number of benzene rings is 1. The molecule has 0 aromatic heterocycles. The highest BCUT2D eigenvalue weighted by atomic mass is 19.1. The number of piperidine rings is 1. The first-order chi connectivity index (χ1) is 13.0. The van der Waals surface area contributed by atoms with Crippen LogP contribution in [0.15, 0.2) is 24.3 Å². The number of carbonyl (C=O) groups excluding carboxylic acids is 2. The van der Waals surface area contributed by atoms with Crippen LogP contribution in [-0.2, 0) is 16.1 Å². The van der Waals surface area contributed by atoms with Crippen molar-refractivity contribution in [2.75, 3.05) is 32.7 Å². The van der Waals surface area contributed by atoms with Crippen LogP contribution in [0, 0.1) is 5.82 Å². The van der Waals surface area contributed by atoms with Crippen molar-refractivity contribution < 1.29 is 19.1 Å². The highest BCUT2D eigenvalue weighted by Crippen LogP contribution is 2.24. The number of carbonyl (C=O) groups is 2.